The lowest BCUT2D eigenvalue weighted by molar-refractivity contribution is -0.384. The molecule has 0 aromatic carbocycles. The minimum atomic E-state index is -2.73. The van der Waals surface area contributed by atoms with Gasteiger partial charge in [-0.3, -0.25) is 20.0 Å². The molecule has 8 nitrogen and oxygen atoms in total. The normalized spacial score (nSPS) is 15.6. The van der Waals surface area contributed by atoms with E-state index in [1.807, 2.05) is 0 Å². The van der Waals surface area contributed by atoms with E-state index >= 15 is 0 Å². The summed E-state index contributed by atoms with van der Waals surface area (Å²) in [4.78, 5) is 23.3. The molecule has 1 aliphatic heterocycles. The number of halogens is 2. The van der Waals surface area contributed by atoms with Gasteiger partial charge in [0.05, 0.1) is 4.92 Å². The maximum Gasteiger partial charge on any atom is 0.311 e. The molecule has 0 radical (unpaired) electrons. The highest BCUT2D eigenvalue weighted by atomic mass is 19.3. The van der Waals surface area contributed by atoms with Crippen molar-refractivity contribution in [1.29, 1.82) is 0 Å². The van der Waals surface area contributed by atoms with Gasteiger partial charge < -0.3 is 10.2 Å². The van der Waals surface area contributed by atoms with Crippen molar-refractivity contribution in [2.75, 3.05) is 36.4 Å². The molecule has 0 aliphatic carbocycles. The summed E-state index contributed by atoms with van der Waals surface area (Å²) in [7, 11) is 0. The highest BCUT2D eigenvalue weighted by molar-refractivity contribution is 5.68. The summed E-state index contributed by atoms with van der Waals surface area (Å²) in [6.07, 6.45) is -1.50. The molecule has 1 saturated heterocycles. The van der Waals surface area contributed by atoms with Crippen LogP contribution in [0.2, 0.25) is 0 Å². The van der Waals surface area contributed by atoms with E-state index in [2.05, 4.69) is 45.9 Å². The first kappa shape index (κ1) is 20.8. The molecule has 0 saturated carbocycles. The lowest BCUT2D eigenvalue weighted by Gasteiger charge is -2.42. The maximum atomic E-state index is 12.9. The van der Waals surface area contributed by atoms with Crippen LogP contribution in [-0.2, 0) is 0 Å². The summed E-state index contributed by atoms with van der Waals surface area (Å²) in [5.41, 5.74) is -0.295. The third-order valence-corrected chi connectivity index (χ3v) is 4.88. The van der Waals surface area contributed by atoms with Crippen LogP contribution in [0.15, 0.2) is 30.5 Å². The molecule has 3 rings (SSSR count). The summed E-state index contributed by atoms with van der Waals surface area (Å²) in [5, 5.41) is 14.2. The van der Waals surface area contributed by atoms with E-state index in [-0.39, 0.29) is 22.7 Å². The van der Waals surface area contributed by atoms with Gasteiger partial charge in [-0.25, -0.2) is 13.8 Å². The molecule has 0 unspecified atom stereocenters. The number of rotatable bonds is 5. The molecule has 0 spiro atoms. The Morgan fingerprint density at radius 1 is 1.17 bits per heavy atom. The number of pyridine rings is 2. The van der Waals surface area contributed by atoms with Gasteiger partial charge >= 0.3 is 5.69 Å². The smallest absolute Gasteiger partial charge is 0.311 e. The standard InChI is InChI=1S/C19H24F2N6O2/c1-19(2,3)26-10-8-25(9-11-26)16-5-4-15(27(28)29)18(24-16)23-13-6-7-22-14(12-13)17(20)21/h4-7,12,17H,8-11H2,1-3H3,(H,22,23,24). The first-order valence-corrected chi connectivity index (χ1v) is 9.32. The average molecular weight is 406 g/mol. The fourth-order valence-corrected chi connectivity index (χ4v) is 3.25. The largest absolute Gasteiger partial charge is 0.354 e. The Morgan fingerprint density at radius 2 is 1.86 bits per heavy atom. The lowest BCUT2D eigenvalue weighted by Crippen LogP contribution is -2.53. The van der Waals surface area contributed by atoms with Gasteiger partial charge in [-0.05, 0) is 39.0 Å². The SMILES string of the molecule is CC(C)(C)N1CCN(c2ccc([N+](=O)[O-])c(Nc3ccnc(C(F)F)c3)n2)CC1. The van der Waals surface area contributed by atoms with E-state index < -0.39 is 17.0 Å². The molecule has 10 heteroatoms. The Kier molecular flexibility index (Phi) is 5.92. The van der Waals surface area contributed by atoms with Crippen molar-refractivity contribution in [3.8, 4) is 0 Å². The van der Waals surface area contributed by atoms with Crippen molar-refractivity contribution in [2.45, 2.75) is 32.7 Å². The van der Waals surface area contributed by atoms with Gasteiger partial charge in [0.25, 0.3) is 6.43 Å². The van der Waals surface area contributed by atoms with E-state index in [0.29, 0.717) is 5.82 Å². The second kappa shape index (κ2) is 8.24. The Labute approximate surface area is 167 Å². The van der Waals surface area contributed by atoms with Gasteiger partial charge in [0.2, 0.25) is 5.82 Å². The molecule has 2 aromatic heterocycles. The molecular weight excluding hydrogens is 382 g/mol. The van der Waals surface area contributed by atoms with E-state index in [1.54, 1.807) is 6.07 Å². The second-order valence-electron chi connectivity index (χ2n) is 7.83. The number of anilines is 3. The lowest BCUT2D eigenvalue weighted by atomic mass is 10.1. The van der Waals surface area contributed by atoms with Crippen molar-refractivity contribution in [1.82, 2.24) is 14.9 Å². The molecule has 0 bridgehead atoms. The van der Waals surface area contributed by atoms with Gasteiger partial charge in [0.15, 0.2) is 0 Å². The summed E-state index contributed by atoms with van der Waals surface area (Å²) in [5.74, 6) is 0.618. The Bertz CT molecular complexity index is 879. The third-order valence-electron chi connectivity index (χ3n) is 4.88. The molecule has 2 aromatic rings. The predicted octanol–water partition coefficient (Wildman–Crippen LogP) is 3.99. The van der Waals surface area contributed by atoms with Crippen molar-refractivity contribution < 1.29 is 13.7 Å². The molecular formula is C19H24F2N6O2. The number of piperazine rings is 1. The Morgan fingerprint density at radius 3 is 2.45 bits per heavy atom. The first-order chi connectivity index (χ1) is 13.6. The van der Waals surface area contributed by atoms with Crippen molar-refractivity contribution in [3.05, 3.63) is 46.3 Å². The molecule has 156 valence electrons. The van der Waals surface area contributed by atoms with Gasteiger partial charge in [-0.1, -0.05) is 0 Å². The molecule has 1 fully saturated rings. The van der Waals surface area contributed by atoms with Crippen molar-refractivity contribution >= 4 is 23.0 Å². The van der Waals surface area contributed by atoms with Crippen LogP contribution in [0, 0.1) is 10.1 Å². The number of hydrogen-bond donors (Lipinski definition) is 1. The fraction of sp³-hybridized carbons (Fsp3) is 0.474. The molecule has 1 aliphatic rings. The summed E-state index contributed by atoms with van der Waals surface area (Å²) < 4.78 is 25.8. The van der Waals surface area contributed by atoms with Crippen LogP contribution in [-0.4, -0.2) is 51.5 Å². The van der Waals surface area contributed by atoms with E-state index in [9.17, 15) is 18.9 Å². The van der Waals surface area contributed by atoms with E-state index in [0.717, 1.165) is 32.2 Å². The number of hydrogen-bond acceptors (Lipinski definition) is 7. The minimum absolute atomic E-state index is 0.0113. The maximum absolute atomic E-state index is 12.9. The van der Waals surface area contributed by atoms with Crippen molar-refractivity contribution in [2.24, 2.45) is 0 Å². The molecule has 0 amide bonds. The van der Waals surface area contributed by atoms with Crippen LogP contribution < -0.4 is 10.2 Å². The zero-order valence-corrected chi connectivity index (χ0v) is 16.6. The van der Waals surface area contributed by atoms with Crippen LogP contribution >= 0.6 is 0 Å². The van der Waals surface area contributed by atoms with E-state index in [1.165, 1.54) is 18.3 Å². The van der Waals surface area contributed by atoms with Crippen LogP contribution in [0.5, 0.6) is 0 Å². The highest BCUT2D eigenvalue weighted by Crippen LogP contribution is 2.30. The Hall–Kier alpha value is -2.88. The zero-order valence-electron chi connectivity index (χ0n) is 16.6. The number of aromatic nitrogens is 2. The fourth-order valence-electron chi connectivity index (χ4n) is 3.25. The van der Waals surface area contributed by atoms with Crippen molar-refractivity contribution in [3.63, 3.8) is 0 Å². The summed E-state index contributed by atoms with van der Waals surface area (Å²) in [6, 6.07) is 5.63. The molecule has 29 heavy (non-hydrogen) atoms. The van der Waals surface area contributed by atoms with Gasteiger partial charge in [-0.15, -0.1) is 0 Å². The Balaban J connectivity index is 1.84. The second-order valence-corrected chi connectivity index (χ2v) is 7.83. The quantitative estimate of drug-likeness (QED) is 0.593. The zero-order chi connectivity index (χ0) is 21.2. The third kappa shape index (κ3) is 4.94. The van der Waals surface area contributed by atoms with Crippen LogP contribution in [0.3, 0.4) is 0 Å². The molecule has 3 heterocycles. The number of nitro groups is 1. The number of nitrogens with zero attached hydrogens (tertiary/aromatic N) is 5. The number of alkyl halides is 2. The van der Waals surface area contributed by atoms with Crippen LogP contribution in [0.4, 0.5) is 31.8 Å². The minimum Gasteiger partial charge on any atom is -0.354 e. The van der Waals surface area contributed by atoms with Gasteiger partial charge in [0.1, 0.15) is 11.5 Å². The molecule has 0 atom stereocenters. The highest BCUT2D eigenvalue weighted by Gasteiger charge is 2.27. The van der Waals surface area contributed by atoms with Gasteiger partial charge in [-0.2, -0.15) is 0 Å². The molecule has 1 N–H and O–H groups in total. The monoisotopic (exact) mass is 406 g/mol. The summed E-state index contributed by atoms with van der Waals surface area (Å²) in [6.45, 7) is 9.68. The van der Waals surface area contributed by atoms with Crippen LogP contribution in [0.25, 0.3) is 0 Å². The van der Waals surface area contributed by atoms with E-state index in [4.69, 9.17) is 0 Å². The number of nitrogens with one attached hydrogen (secondary N) is 1. The first-order valence-electron chi connectivity index (χ1n) is 9.32. The topological polar surface area (TPSA) is 87.4 Å². The predicted molar refractivity (Wildman–Crippen MR) is 107 cm³/mol. The van der Waals surface area contributed by atoms with Gasteiger partial charge in [0, 0.05) is 49.7 Å². The summed E-state index contributed by atoms with van der Waals surface area (Å²) >= 11 is 0. The van der Waals surface area contributed by atoms with Crippen LogP contribution in [0.1, 0.15) is 32.9 Å². The average Bonchev–Trinajstić information content (AvgIpc) is 2.67.